The number of amides is 3. The lowest BCUT2D eigenvalue weighted by Crippen LogP contribution is -2.51. The van der Waals surface area contributed by atoms with E-state index in [-0.39, 0.29) is 25.4 Å². The normalized spacial score (nSPS) is 15.5. The van der Waals surface area contributed by atoms with Crippen molar-refractivity contribution in [2.45, 2.75) is 50.7 Å². The summed E-state index contributed by atoms with van der Waals surface area (Å²) in [4.78, 5) is 56.3. The first kappa shape index (κ1) is 36.7. The van der Waals surface area contributed by atoms with Crippen LogP contribution in [-0.4, -0.2) is 59.0 Å². The number of ether oxygens (including phenoxy) is 1. The van der Waals surface area contributed by atoms with Crippen LogP contribution in [0, 0.1) is 11.8 Å². The van der Waals surface area contributed by atoms with Gasteiger partial charge in [-0.3, -0.25) is 19.2 Å². The third kappa shape index (κ3) is 9.80. The van der Waals surface area contributed by atoms with Gasteiger partial charge in [-0.15, -0.1) is 13.2 Å². The third-order valence-corrected chi connectivity index (χ3v) is 9.28. The van der Waals surface area contributed by atoms with Crippen LogP contribution in [0.1, 0.15) is 36.0 Å². The number of carbonyl (C=O) groups is 4. The average Bonchev–Trinajstić information content (AvgIpc) is 3.15. The largest absolute Gasteiger partial charge is 0.463 e. The van der Waals surface area contributed by atoms with Gasteiger partial charge in [0.25, 0.3) is 5.91 Å². The molecule has 0 fully saturated rings. The summed E-state index contributed by atoms with van der Waals surface area (Å²) in [5.74, 6) is -3.33. The number of aliphatic hydroxyl groups excluding tert-OH is 1. The van der Waals surface area contributed by atoms with Crippen LogP contribution in [0.3, 0.4) is 0 Å². The van der Waals surface area contributed by atoms with Crippen LogP contribution in [-0.2, 0) is 43.3 Å². The zero-order valence-electron chi connectivity index (χ0n) is 28.7. The molecule has 4 aromatic carbocycles. The Morgan fingerprint density at radius 3 is 2.22 bits per heavy atom. The number of aliphatic hydroxyl groups is 1. The van der Waals surface area contributed by atoms with Crippen molar-refractivity contribution in [1.82, 2.24) is 10.2 Å². The highest BCUT2D eigenvalue weighted by atomic mass is 16.5. The molecule has 1 heterocycles. The summed E-state index contributed by atoms with van der Waals surface area (Å²) >= 11 is 0. The fourth-order valence-electron chi connectivity index (χ4n) is 6.47. The Kier molecular flexibility index (Phi) is 12.9. The SMILES string of the molecule is C=CC[C@H](CC(=O)N1Cc2ccccc2C[C@H]1CO)C(=O)N[C@@H](COC(=O)[C@@H](CC=C)Cc1ccccc1)C(=O)Nc1ccc2ccccc2c1. The van der Waals surface area contributed by atoms with E-state index in [1.54, 1.807) is 23.1 Å². The molecule has 4 aromatic rings. The second kappa shape index (κ2) is 17.9. The van der Waals surface area contributed by atoms with E-state index >= 15 is 0 Å². The summed E-state index contributed by atoms with van der Waals surface area (Å²) in [5.41, 5.74) is 3.54. The predicted octanol–water partition coefficient (Wildman–Crippen LogP) is 5.77. The Morgan fingerprint density at radius 2 is 1.49 bits per heavy atom. The fraction of sp³-hybridized carbons (Fsp3) is 0.286. The number of rotatable bonds is 16. The maximum Gasteiger partial charge on any atom is 0.309 e. The molecule has 3 amide bonds. The number of hydrogen-bond donors (Lipinski definition) is 3. The molecule has 0 saturated carbocycles. The lowest BCUT2D eigenvalue weighted by atomic mass is 9.92. The van der Waals surface area contributed by atoms with Crippen LogP contribution < -0.4 is 10.6 Å². The molecule has 1 aliphatic heterocycles. The summed E-state index contributed by atoms with van der Waals surface area (Å²) in [6.45, 7) is 7.27. The third-order valence-electron chi connectivity index (χ3n) is 9.28. The second-order valence-electron chi connectivity index (χ2n) is 12.9. The van der Waals surface area contributed by atoms with Gasteiger partial charge >= 0.3 is 5.97 Å². The van der Waals surface area contributed by atoms with Gasteiger partial charge in [-0.05, 0) is 65.3 Å². The first-order chi connectivity index (χ1) is 24.8. The van der Waals surface area contributed by atoms with Gasteiger partial charge in [-0.25, -0.2) is 0 Å². The molecule has 9 nitrogen and oxygen atoms in total. The number of anilines is 1. The van der Waals surface area contributed by atoms with E-state index in [2.05, 4.69) is 23.8 Å². The highest BCUT2D eigenvalue weighted by Crippen LogP contribution is 2.26. The molecule has 4 atom stereocenters. The van der Waals surface area contributed by atoms with E-state index in [0.29, 0.717) is 31.5 Å². The smallest absolute Gasteiger partial charge is 0.309 e. The number of esters is 1. The van der Waals surface area contributed by atoms with Crippen LogP contribution in [0.25, 0.3) is 10.8 Å². The lowest BCUT2D eigenvalue weighted by Gasteiger charge is -2.36. The van der Waals surface area contributed by atoms with Crippen molar-refractivity contribution in [3.8, 4) is 0 Å². The first-order valence-electron chi connectivity index (χ1n) is 17.3. The molecule has 5 rings (SSSR count). The molecule has 51 heavy (non-hydrogen) atoms. The topological polar surface area (TPSA) is 125 Å². The van der Waals surface area contributed by atoms with Gasteiger partial charge in [0.1, 0.15) is 12.6 Å². The maximum absolute atomic E-state index is 13.9. The minimum Gasteiger partial charge on any atom is -0.463 e. The number of carbonyl (C=O) groups excluding carboxylic acids is 4. The molecule has 3 N–H and O–H groups in total. The zero-order valence-corrected chi connectivity index (χ0v) is 28.7. The number of benzene rings is 4. The van der Waals surface area contributed by atoms with Gasteiger partial charge in [0.15, 0.2) is 0 Å². The van der Waals surface area contributed by atoms with E-state index in [4.69, 9.17) is 4.74 Å². The standard InChI is InChI=1S/C42H45N3O6/c1-3-12-33(25-39(47)45-26-35-19-11-10-18-32(35)24-37(45)27-46)40(48)44-38(41(49)43-36-21-20-30-16-8-9-17-31(30)23-36)28-51-42(50)34(13-4-2)22-29-14-6-5-7-15-29/h3-11,14-21,23,33-34,37-38,46H,1-2,12-13,22,24-28H2,(H,43,49)(H,44,48)/t33-,34+,37+,38+/m1/s1. The van der Waals surface area contributed by atoms with Crippen molar-refractivity contribution in [3.63, 3.8) is 0 Å². The molecule has 0 aromatic heterocycles. The van der Waals surface area contributed by atoms with Crippen molar-refractivity contribution >= 4 is 40.2 Å². The lowest BCUT2D eigenvalue weighted by molar-refractivity contribution is -0.150. The van der Waals surface area contributed by atoms with Crippen LogP contribution in [0.15, 0.2) is 122 Å². The Morgan fingerprint density at radius 1 is 0.824 bits per heavy atom. The highest BCUT2D eigenvalue weighted by Gasteiger charge is 2.33. The van der Waals surface area contributed by atoms with E-state index in [1.807, 2.05) is 91.0 Å². The summed E-state index contributed by atoms with van der Waals surface area (Å²) in [5, 5.41) is 17.7. The number of nitrogens with zero attached hydrogens (tertiary/aromatic N) is 1. The van der Waals surface area contributed by atoms with Gasteiger partial charge in [0.05, 0.1) is 24.5 Å². The van der Waals surface area contributed by atoms with Gasteiger partial charge in [-0.2, -0.15) is 0 Å². The molecule has 0 bridgehead atoms. The molecule has 0 saturated heterocycles. The monoisotopic (exact) mass is 687 g/mol. The molecule has 1 aliphatic rings. The molecule has 0 aliphatic carbocycles. The van der Waals surface area contributed by atoms with Crippen molar-refractivity contribution in [2.24, 2.45) is 11.8 Å². The van der Waals surface area contributed by atoms with E-state index in [9.17, 15) is 24.3 Å². The Hall–Kier alpha value is -5.54. The van der Waals surface area contributed by atoms with Gasteiger partial charge in [0.2, 0.25) is 11.8 Å². The summed E-state index contributed by atoms with van der Waals surface area (Å²) < 4.78 is 5.71. The number of allylic oxidation sites excluding steroid dienone is 2. The molecular formula is C42H45N3O6. The van der Waals surface area contributed by atoms with Crippen molar-refractivity contribution in [1.29, 1.82) is 0 Å². The minimum atomic E-state index is -1.26. The predicted molar refractivity (Wildman–Crippen MR) is 198 cm³/mol. The molecular weight excluding hydrogens is 642 g/mol. The quantitative estimate of drug-likeness (QED) is 0.102. The molecule has 0 unspecified atom stereocenters. The summed E-state index contributed by atoms with van der Waals surface area (Å²) in [6.07, 6.45) is 4.52. The van der Waals surface area contributed by atoms with E-state index in [1.165, 1.54) is 0 Å². The van der Waals surface area contributed by atoms with E-state index in [0.717, 1.165) is 27.5 Å². The van der Waals surface area contributed by atoms with E-state index < -0.39 is 48.3 Å². The fourth-order valence-corrected chi connectivity index (χ4v) is 6.47. The molecule has 0 spiro atoms. The Bertz CT molecular complexity index is 1860. The zero-order chi connectivity index (χ0) is 36.2. The summed E-state index contributed by atoms with van der Waals surface area (Å²) in [6, 6.07) is 28.8. The Labute approximate surface area is 299 Å². The van der Waals surface area contributed by atoms with Crippen LogP contribution in [0.5, 0.6) is 0 Å². The van der Waals surface area contributed by atoms with Gasteiger partial charge in [0, 0.05) is 18.7 Å². The van der Waals surface area contributed by atoms with Crippen molar-refractivity contribution < 1.29 is 29.0 Å². The molecule has 9 heteroatoms. The molecule has 264 valence electrons. The second-order valence-corrected chi connectivity index (χ2v) is 12.9. The molecule has 0 radical (unpaired) electrons. The van der Waals surface area contributed by atoms with Crippen molar-refractivity contribution in [2.75, 3.05) is 18.5 Å². The van der Waals surface area contributed by atoms with Gasteiger partial charge < -0.3 is 25.4 Å². The van der Waals surface area contributed by atoms with Crippen molar-refractivity contribution in [3.05, 3.63) is 139 Å². The summed E-state index contributed by atoms with van der Waals surface area (Å²) in [7, 11) is 0. The van der Waals surface area contributed by atoms with Gasteiger partial charge in [-0.1, -0.05) is 97.1 Å². The Balaban J connectivity index is 1.32. The van der Waals surface area contributed by atoms with Crippen LogP contribution in [0.2, 0.25) is 0 Å². The minimum absolute atomic E-state index is 0.159. The maximum atomic E-state index is 13.9. The number of fused-ring (bicyclic) bond motifs is 2. The number of hydrogen-bond acceptors (Lipinski definition) is 6. The van der Waals surface area contributed by atoms with Crippen LogP contribution >= 0.6 is 0 Å². The van der Waals surface area contributed by atoms with Crippen LogP contribution in [0.4, 0.5) is 5.69 Å². The highest BCUT2D eigenvalue weighted by molar-refractivity contribution is 6.00. The average molecular weight is 688 g/mol. The number of nitrogens with one attached hydrogen (secondary N) is 2. The first-order valence-corrected chi connectivity index (χ1v) is 17.3.